The predicted octanol–water partition coefficient (Wildman–Crippen LogP) is 4.79. The fraction of sp³-hybridized carbons (Fsp3) is 0.842. The summed E-state index contributed by atoms with van der Waals surface area (Å²) >= 11 is 0. The van der Waals surface area contributed by atoms with Crippen LogP contribution in [0.15, 0.2) is 11.0 Å². The number of allylic oxidation sites excluding steroid dienone is 2. The van der Waals surface area contributed by atoms with E-state index in [0.717, 1.165) is 44.9 Å². The van der Waals surface area contributed by atoms with Crippen LogP contribution in [0, 0.1) is 5.41 Å². The number of ether oxygens (including phenoxy) is 1. The van der Waals surface area contributed by atoms with Crippen LogP contribution in [-0.4, -0.2) is 26.2 Å². The largest absolute Gasteiger partial charge is 0.466 e. The van der Waals surface area contributed by atoms with E-state index in [2.05, 4.69) is 0 Å². The molecule has 0 saturated carbocycles. The monoisotopic (exact) mass is 358 g/mol. The van der Waals surface area contributed by atoms with Gasteiger partial charge in [-0.1, -0.05) is 59.0 Å². The summed E-state index contributed by atoms with van der Waals surface area (Å²) in [5.41, 5.74) is -0.191. The van der Waals surface area contributed by atoms with Crippen LogP contribution in [0.1, 0.15) is 85.5 Å². The molecule has 1 aliphatic heterocycles. The molecule has 140 valence electrons. The van der Waals surface area contributed by atoms with E-state index in [9.17, 15) is 13.2 Å². The zero-order chi connectivity index (χ0) is 18.2. The average Bonchev–Trinajstić information content (AvgIpc) is 2.75. The van der Waals surface area contributed by atoms with Crippen molar-refractivity contribution in [3.63, 3.8) is 0 Å². The third kappa shape index (κ3) is 6.96. The molecular weight excluding hydrogens is 324 g/mol. The predicted molar refractivity (Wildman–Crippen MR) is 98.4 cm³/mol. The van der Waals surface area contributed by atoms with Crippen molar-refractivity contribution in [2.24, 2.45) is 5.41 Å². The Morgan fingerprint density at radius 1 is 1.08 bits per heavy atom. The highest BCUT2D eigenvalue weighted by Crippen LogP contribution is 2.39. The summed E-state index contributed by atoms with van der Waals surface area (Å²) in [5, 5.41) is -0.253. The van der Waals surface area contributed by atoms with Gasteiger partial charge >= 0.3 is 5.97 Å². The zero-order valence-electron chi connectivity index (χ0n) is 15.8. The molecule has 1 aliphatic rings. The summed E-state index contributed by atoms with van der Waals surface area (Å²) in [5.74, 6) is -0.208. The number of unbranched alkanes of at least 4 members (excludes halogenated alkanes) is 6. The number of sulfone groups is 1. The van der Waals surface area contributed by atoms with Gasteiger partial charge in [-0.3, -0.25) is 4.79 Å². The second kappa shape index (κ2) is 9.59. The molecule has 0 amide bonds. The normalized spacial score (nSPS) is 20.0. The van der Waals surface area contributed by atoms with Crippen molar-refractivity contribution in [2.75, 3.05) is 6.61 Å². The molecule has 0 aromatic heterocycles. The quantitative estimate of drug-likeness (QED) is 0.416. The standard InChI is InChI=1S/C19H34O4S/c1-16(20)23-15-11-9-7-5-6-8-10-12-17-13-14-18(19(2,3)4)24(17,21)22/h13,18H,5-12,14-15H2,1-4H3. The number of esters is 1. The van der Waals surface area contributed by atoms with Gasteiger partial charge in [0, 0.05) is 11.8 Å². The summed E-state index contributed by atoms with van der Waals surface area (Å²) < 4.78 is 30.0. The fourth-order valence-corrected chi connectivity index (χ4v) is 5.63. The summed E-state index contributed by atoms with van der Waals surface area (Å²) in [6, 6.07) is 0. The maximum Gasteiger partial charge on any atom is 0.302 e. The molecule has 1 atom stereocenters. The molecule has 0 bridgehead atoms. The number of carbonyl (C=O) groups is 1. The Balaban J connectivity index is 2.11. The molecule has 0 aliphatic carbocycles. The van der Waals surface area contributed by atoms with Crippen LogP contribution in [-0.2, 0) is 19.4 Å². The van der Waals surface area contributed by atoms with Gasteiger partial charge in [-0.15, -0.1) is 0 Å². The Morgan fingerprint density at radius 3 is 2.12 bits per heavy atom. The molecule has 0 radical (unpaired) electrons. The van der Waals surface area contributed by atoms with Crippen molar-refractivity contribution in [2.45, 2.75) is 90.7 Å². The first-order valence-corrected chi connectivity index (χ1v) is 10.8. The highest BCUT2D eigenvalue weighted by molar-refractivity contribution is 7.96. The third-order valence-corrected chi connectivity index (χ3v) is 7.39. The molecule has 24 heavy (non-hydrogen) atoms. The molecule has 0 spiro atoms. The first-order chi connectivity index (χ1) is 11.2. The van der Waals surface area contributed by atoms with Crippen LogP contribution in [0.4, 0.5) is 0 Å². The SMILES string of the molecule is CC(=O)OCCCCCCCCCC1=CCC(C(C)(C)C)S1(=O)=O. The molecule has 0 saturated heterocycles. The number of hydrogen-bond acceptors (Lipinski definition) is 4. The highest BCUT2D eigenvalue weighted by Gasteiger charge is 2.41. The molecule has 0 fully saturated rings. The van der Waals surface area contributed by atoms with Gasteiger partial charge < -0.3 is 4.74 Å². The molecule has 1 unspecified atom stereocenters. The number of hydrogen-bond donors (Lipinski definition) is 0. The van der Waals surface area contributed by atoms with Crippen LogP contribution in [0.5, 0.6) is 0 Å². The molecular formula is C19H34O4S. The maximum atomic E-state index is 12.6. The molecule has 1 rings (SSSR count). The lowest BCUT2D eigenvalue weighted by molar-refractivity contribution is -0.141. The van der Waals surface area contributed by atoms with Crippen molar-refractivity contribution in [1.29, 1.82) is 0 Å². The van der Waals surface area contributed by atoms with Crippen LogP contribution in [0.2, 0.25) is 0 Å². The van der Waals surface area contributed by atoms with Gasteiger partial charge in [0.25, 0.3) is 0 Å². The molecule has 5 heteroatoms. The van der Waals surface area contributed by atoms with Gasteiger partial charge in [0.2, 0.25) is 0 Å². The minimum Gasteiger partial charge on any atom is -0.466 e. The summed E-state index contributed by atoms with van der Waals surface area (Å²) in [4.78, 5) is 11.3. The molecule has 0 aromatic carbocycles. The summed E-state index contributed by atoms with van der Waals surface area (Å²) in [6.07, 6.45) is 10.8. The van der Waals surface area contributed by atoms with Crippen molar-refractivity contribution in [3.8, 4) is 0 Å². The molecule has 0 aromatic rings. The van der Waals surface area contributed by atoms with E-state index in [-0.39, 0.29) is 16.6 Å². The zero-order valence-corrected chi connectivity index (χ0v) is 16.6. The molecule has 4 nitrogen and oxygen atoms in total. The lowest BCUT2D eigenvalue weighted by Crippen LogP contribution is -2.31. The Bertz CT molecular complexity index is 526. The van der Waals surface area contributed by atoms with Gasteiger partial charge in [-0.05, 0) is 31.1 Å². The first-order valence-electron chi connectivity index (χ1n) is 9.22. The lowest BCUT2D eigenvalue weighted by Gasteiger charge is -2.26. The van der Waals surface area contributed by atoms with Crippen molar-refractivity contribution >= 4 is 15.8 Å². The summed E-state index contributed by atoms with van der Waals surface area (Å²) in [6.45, 7) is 7.98. The first kappa shape index (κ1) is 21.2. The van der Waals surface area contributed by atoms with Crippen LogP contribution in [0.25, 0.3) is 0 Å². The van der Waals surface area contributed by atoms with Crippen LogP contribution < -0.4 is 0 Å². The summed E-state index contributed by atoms with van der Waals surface area (Å²) in [7, 11) is -3.08. The maximum absolute atomic E-state index is 12.6. The Kier molecular flexibility index (Phi) is 8.48. The van der Waals surface area contributed by atoms with E-state index in [1.54, 1.807) is 0 Å². The number of carbonyl (C=O) groups excluding carboxylic acids is 1. The van der Waals surface area contributed by atoms with Gasteiger partial charge in [0.15, 0.2) is 9.84 Å². The van der Waals surface area contributed by atoms with E-state index in [1.165, 1.54) is 6.92 Å². The smallest absolute Gasteiger partial charge is 0.302 e. The third-order valence-electron chi connectivity index (χ3n) is 4.64. The number of rotatable bonds is 10. The molecule has 0 N–H and O–H groups in total. The van der Waals surface area contributed by atoms with Gasteiger partial charge in [0.1, 0.15) is 0 Å². The van der Waals surface area contributed by atoms with Crippen molar-refractivity contribution < 1.29 is 17.9 Å². The fourth-order valence-electron chi connectivity index (χ4n) is 3.23. The van der Waals surface area contributed by atoms with Crippen molar-refractivity contribution in [1.82, 2.24) is 0 Å². The van der Waals surface area contributed by atoms with E-state index in [0.29, 0.717) is 24.4 Å². The minimum absolute atomic E-state index is 0.191. The average molecular weight is 359 g/mol. The van der Waals surface area contributed by atoms with Gasteiger partial charge in [-0.25, -0.2) is 8.42 Å². The van der Waals surface area contributed by atoms with E-state index in [4.69, 9.17) is 4.74 Å². The van der Waals surface area contributed by atoms with E-state index in [1.807, 2.05) is 26.8 Å². The van der Waals surface area contributed by atoms with E-state index >= 15 is 0 Å². The van der Waals surface area contributed by atoms with Gasteiger partial charge in [-0.2, -0.15) is 0 Å². The second-order valence-corrected chi connectivity index (χ2v) is 10.1. The highest BCUT2D eigenvalue weighted by atomic mass is 32.2. The minimum atomic E-state index is -3.08. The Hall–Kier alpha value is -0.840. The second-order valence-electron chi connectivity index (χ2n) is 7.87. The lowest BCUT2D eigenvalue weighted by atomic mass is 9.90. The topological polar surface area (TPSA) is 60.4 Å². The van der Waals surface area contributed by atoms with Crippen LogP contribution in [0.3, 0.4) is 0 Å². The Morgan fingerprint density at radius 2 is 1.62 bits per heavy atom. The van der Waals surface area contributed by atoms with Crippen molar-refractivity contribution in [3.05, 3.63) is 11.0 Å². The molecule has 1 heterocycles. The van der Waals surface area contributed by atoms with Crippen LogP contribution >= 0.6 is 0 Å². The Labute approximate surface area is 148 Å². The van der Waals surface area contributed by atoms with Gasteiger partial charge in [0.05, 0.1) is 11.9 Å². The van der Waals surface area contributed by atoms with E-state index < -0.39 is 9.84 Å².